The third-order valence-corrected chi connectivity index (χ3v) is 4.43. The van der Waals surface area contributed by atoms with Gasteiger partial charge in [0.15, 0.2) is 5.69 Å². The molecule has 0 atom stereocenters. The van der Waals surface area contributed by atoms with Crippen molar-refractivity contribution in [2.24, 2.45) is 0 Å². The number of hydrogen-bond donors (Lipinski definition) is 0. The van der Waals surface area contributed by atoms with Crippen LogP contribution in [0.5, 0.6) is 0 Å². The number of anilines is 2. The first-order valence-corrected chi connectivity index (χ1v) is 7.62. The number of nitriles is 1. The summed E-state index contributed by atoms with van der Waals surface area (Å²) >= 11 is 0. The zero-order valence-corrected chi connectivity index (χ0v) is 13.1. The Morgan fingerprint density at radius 2 is 1.59 bits per heavy atom. The Hall–Kier alpha value is -2.54. The van der Waals surface area contributed by atoms with E-state index in [9.17, 15) is 5.26 Å². The molecular formula is C18H20N4. The molecule has 1 aliphatic rings. The Kier molecular flexibility index (Phi) is 3.97. The molecule has 3 rings (SSSR count). The van der Waals surface area contributed by atoms with Crippen LogP contribution >= 0.6 is 0 Å². The monoisotopic (exact) mass is 292 g/mol. The maximum Gasteiger partial charge on any atom is 0.163 e. The van der Waals surface area contributed by atoms with E-state index in [1.165, 1.54) is 16.8 Å². The van der Waals surface area contributed by atoms with Crippen LogP contribution in [0.2, 0.25) is 0 Å². The van der Waals surface area contributed by atoms with Crippen LogP contribution in [0.15, 0.2) is 36.5 Å². The second kappa shape index (κ2) is 6.07. The molecule has 0 saturated carbocycles. The summed E-state index contributed by atoms with van der Waals surface area (Å²) in [5.41, 5.74) is 5.48. The average Bonchev–Trinajstić information content (AvgIpc) is 2.57. The number of rotatable bonds is 2. The summed E-state index contributed by atoms with van der Waals surface area (Å²) in [7, 11) is 0. The Bertz CT molecular complexity index is 709. The van der Waals surface area contributed by atoms with Gasteiger partial charge in [-0.2, -0.15) is 5.26 Å². The molecule has 1 saturated heterocycles. The normalized spacial score (nSPS) is 14.8. The van der Waals surface area contributed by atoms with Crippen molar-refractivity contribution in [3.05, 3.63) is 53.3 Å². The summed E-state index contributed by atoms with van der Waals surface area (Å²) in [6.45, 7) is 8.09. The highest BCUT2D eigenvalue weighted by Crippen LogP contribution is 2.26. The van der Waals surface area contributed by atoms with E-state index in [0.29, 0.717) is 5.69 Å². The van der Waals surface area contributed by atoms with Gasteiger partial charge in [0.05, 0.1) is 5.69 Å². The molecule has 0 N–H and O–H groups in total. The molecule has 0 bridgehead atoms. The Morgan fingerprint density at radius 3 is 2.27 bits per heavy atom. The fraction of sp³-hybridized carbons (Fsp3) is 0.333. The molecule has 0 unspecified atom stereocenters. The summed E-state index contributed by atoms with van der Waals surface area (Å²) < 4.78 is 0. The molecule has 0 radical (unpaired) electrons. The highest BCUT2D eigenvalue weighted by atomic mass is 15.3. The van der Waals surface area contributed by atoms with Crippen molar-refractivity contribution >= 4 is 11.4 Å². The Labute approximate surface area is 131 Å². The van der Waals surface area contributed by atoms with Gasteiger partial charge in [0, 0.05) is 38.1 Å². The fourth-order valence-electron chi connectivity index (χ4n) is 3.00. The summed E-state index contributed by atoms with van der Waals surface area (Å²) in [5, 5.41) is 9.20. The molecule has 2 heterocycles. The zero-order chi connectivity index (χ0) is 15.5. The molecule has 2 aromatic rings. The molecule has 0 amide bonds. The predicted octanol–water partition coefficient (Wildman–Crippen LogP) is 2.90. The standard InChI is InChI=1S/C18H20N4/c1-14-5-3-6-17(15(14)2)21-9-11-22(12-10-21)18-7-4-8-20-16(18)13-19/h3-8H,9-12H2,1-2H3. The van der Waals surface area contributed by atoms with Crippen LogP contribution in [0.4, 0.5) is 11.4 Å². The van der Waals surface area contributed by atoms with E-state index in [0.717, 1.165) is 31.9 Å². The first kappa shape index (κ1) is 14.4. The van der Waals surface area contributed by atoms with Crippen LogP contribution in [0.1, 0.15) is 16.8 Å². The van der Waals surface area contributed by atoms with Gasteiger partial charge in [-0.15, -0.1) is 0 Å². The maximum absolute atomic E-state index is 9.20. The third-order valence-electron chi connectivity index (χ3n) is 4.43. The van der Waals surface area contributed by atoms with Crippen molar-refractivity contribution in [1.29, 1.82) is 5.26 Å². The van der Waals surface area contributed by atoms with E-state index >= 15 is 0 Å². The molecule has 0 spiro atoms. The summed E-state index contributed by atoms with van der Waals surface area (Å²) in [6, 6.07) is 12.5. The number of pyridine rings is 1. The molecule has 4 nitrogen and oxygen atoms in total. The first-order chi connectivity index (χ1) is 10.7. The van der Waals surface area contributed by atoms with Gasteiger partial charge in [0.25, 0.3) is 0 Å². The molecule has 1 aromatic carbocycles. The minimum atomic E-state index is 0.516. The highest BCUT2D eigenvalue weighted by Gasteiger charge is 2.20. The molecule has 112 valence electrons. The number of hydrogen-bond acceptors (Lipinski definition) is 4. The molecule has 1 fully saturated rings. The van der Waals surface area contributed by atoms with Gasteiger partial charge in [-0.3, -0.25) is 0 Å². The second-order valence-corrected chi connectivity index (χ2v) is 5.68. The topological polar surface area (TPSA) is 43.2 Å². The van der Waals surface area contributed by atoms with Crippen molar-refractivity contribution < 1.29 is 0 Å². The number of nitrogens with zero attached hydrogens (tertiary/aromatic N) is 4. The number of benzene rings is 1. The largest absolute Gasteiger partial charge is 0.368 e. The number of aromatic nitrogens is 1. The van der Waals surface area contributed by atoms with E-state index < -0.39 is 0 Å². The number of piperazine rings is 1. The van der Waals surface area contributed by atoms with Crippen LogP contribution < -0.4 is 9.80 Å². The van der Waals surface area contributed by atoms with Crippen LogP contribution in [-0.2, 0) is 0 Å². The van der Waals surface area contributed by atoms with Gasteiger partial charge in [-0.1, -0.05) is 12.1 Å². The van der Waals surface area contributed by atoms with E-state index in [1.807, 2.05) is 12.1 Å². The van der Waals surface area contributed by atoms with Crippen LogP contribution in [0.3, 0.4) is 0 Å². The van der Waals surface area contributed by atoms with Crippen LogP contribution in [-0.4, -0.2) is 31.2 Å². The van der Waals surface area contributed by atoms with E-state index in [2.05, 4.69) is 52.9 Å². The second-order valence-electron chi connectivity index (χ2n) is 5.68. The van der Waals surface area contributed by atoms with Gasteiger partial charge in [-0.05, 0) is 43.2 Å². The van der Waals surface area contributed by atoms with Crippen molar-refractivity contribution in [2.75, 3.05) is 36.0 Å². The molecule has 0 aliphatic carbocycles. The molecular weight excluding hydrogens is 272 g/mol. The summed E-state index contributed by atoms with van der Waals surface area (Å²) in [5.74, 6) is 0. The first-order valence-electron chi connectivity index (χ1n) is 7.62. The maximum atomic E-state index is 9.20. The summed E-state index contributed by atoms with van der Waals surface area (Å²) in [4.78, 5) is 8.85. The van der Waals surface area contributed by atoms with Gasteiger partial charge in [0.2, 0.25) is 0 Å². The average molecular weight is 292 g/mol. The van der Waals surface area contributed by atoms with Gasteiger partial charge in [0.1, 0.15) is 6.07 Å². The van der Waals surface area contributed by atoms with E-state index in [4.69, 9.17) is 0 Å². The lowest BCUT2D eigenvalue weighted by Crippen LogP contribution is -2.47. The van der Waals surface area contributed by atoms with Gasteiger partial charge >= 0.3 is 0 Å². The lowest BCUT2D eigenvalue weighted by atomic mass is 10.1. The van der Waals surface area contributed by atoms with Gasteiger partial charge in [-0.25, -0.2) is 4.98 Å². The Balaban J connectivity index is 1.76. The lowest BCUT2D eigenvalue weighted by Gasteiger charge is -2.38. The lowest BCUT2D eigenvalue weighted by molar-refractivity contribution is 0.650. The van der Waals surface area contributed by atoms with E-state index in [-0.39, 0.29) is 0 Å². The van der Waals surface area contributed by atoms with E-state index in [1.54, 1.807) is 6.20 Å². The van der Waals surface area contributed by atoms with Crippen LogP contribution in [0.25, 0.3) is 0 Å². The zero-order valence-electron chi connectivity index (χ0n) is 13.1. The minimum absolute atomic E-state index is 0.516. The number of aryl methyl sites for hydroxylation is 1. The van der Waals surface area contributed by atoms with Crippen molar-refractivity contribution in [3.8, 4) is 6.07 Å². The van der Waals surface area contributed by atoms with Crippen molar-refractivity contribution in [3.63, 3.8) is 0 Å². The minimum Gasteiger partial charge on any atom is -0.368 e. The fourth-order valence-corrected chi connectivity index (χ4v) is 3.00. The molecule has 1 aromatic heterocycles. The molecule has 1 aliphatic heterocycles. The Morgan fingerprint density at radius 1 is 0.955 bits per heavy atom. The highest BCUT2D eigenvalue weighted by molar-refractivity contribution is 5.60. The van der Waals surface area contributed by atoms with Crippen LogP contribution in [0, 0.1) is 25.2 Å². The smallest absolute Gasteiger partial charge is 0.163 e. The van der Waals surface area contributed by atoms with Crippen molar-refractivity contribution in [1.82, 2.24) is 4.98 Å². The van der Waals surface area contributed by atoms with Gasteiger partial charge < -0.3 is 9.80 Å². The summed E-state index contributed by atoms with van der Waals surface area (Å²) in [6.07, 6.45) is 1.68. The molecule has 4 heteroatoms. The van der Waals surface area contributed by atoms with Crippen molar-refractivity contribution in [2.45, 2.75) is 13.8 Å². The quantitative estimate of drug-likeness (QED) is 0.853. The SMILES string of the molecule is Cc1cccc(N2CCN(c3cccnc3C#N)CC2)c1C. The molecule has 22 heavy (non-hydrogen) atoms. The predicted molar refractivity (Wildman–Crippen MR) is 89.3 cm³/mol. The third kappa shape index (κ3) is 2.62.